The van der Waals surface area contributed by atoms with E-state index in [0.29, 0.717) is 18.1 Å². The van der Waals surface area contributed by atoms with Crippen molar-refractivity contribution < 1.29 is 5.11 Å². The minimum atomic E-state index is -0.837. The molecule has 1 aromatic carbocycles. The first kappa shape index (κ1) is 12.9. The van der Waals surface area contributed by atoms with E-state index in [1.807, 2.05) is 18.2 Å². The Bertz CT molecular complexity index is 455. The van der Waals surface area contributed by atoms with E-state index in [2.05, 4.69) is 34.3 Å². The van der Waals surface area contributed by atoms with Gasteiger partial charge in [0.05, 0.1) is 13.1 Å². The van der Waals surface area contributed by atoms with Gasteiger partial charge >= 0.3 is 0 Å². The standard InChI is InChI=1S/C13H15BrClNO/c1-3-9(2)16-7-13(17,8-16)11-5-4-10(14)6-12(11)15/h4-6,17H,2-3,7-8H2,1H3. The Balaban J connectivity index is 2.17. The molecule has 0 bridgehead atoms. The van der Waals surface area contributed by atoms with Gasteiger partial charge < -0.3 is 10.0 Å². The fourth-order valence-electron chi connectivity index (χ4n) is 2.07. The Morgan fingerprint density at radius 2 is 2.24 bits per heavy atom. The van der Waals surface area contributed by atoms with Crippen molar-refractivity contribution in [1.29, 1.82) is 0 Å². The number of hydrogen-bond acceptors (Lipinski definition) is 2. The molecule has 0 amide bonds. The second kappa shape index (κ2) is 4.63. The van der Waals surface area contributed by atoms with Gasteiger partial charge in [0.15, 0.2) is 0 Å². The first-order valence-corrected chi connectivity index (χ1v) is 6.74. The topological polar surface area (TPSA) is 23.5 Å². The molecule has 0 aliphatic carbocycles. The maximum absolute atomic E-state index is 10.5. The van der Waals surface area contributed by atoms with Gasteiger partial charge in [-0.15, -0.1) is 0 Å². The van der Waals surface area contributed by atoms with Crippen LogP contribution in [0.25, 0.3) is 0 Å². The van der Waals surface area contributed by atoms with E-state index in [4.69, 9.17) is 11.6 Å². The van der Waals surface area contributed by atoms with E-state index in [-0.39, 0.29) is 0 Å². The predicted molar refractivity (Wildman–Crippen MR) is 74.1 cm³/mol. The first-order valence-electron chi connectivity index (χ1n) is 5.57. The van der Waals surface area contributed by atoms with Crippen LogP contribution in [0.2, 0.25) is 5.02 Å². The third kappa shape index (κ3) is 2.37. The predicted octanol–water partition coefficient (Wildman–Crippen LogP) is 3.53. The monoisotopic (exact) mass is 315 g/mol. The summed E-state index contributed by atoms with van der Waals surface area (Å²) in [5.41, 5.74) is 1.01. The number of benzene rings is 1. The molecule has 0 aromatic heterocycles. The highest BCUT2D eigenvalue weighted by Crippen LogP contribution is 2.38. The second-order valence-electron chi connectivity index (χ2n) is 4.43. The summed E-state index contributed by atoms with van der Waals surface area (Å²) in [7, 11) is 0. The minimum absolute atomic E-state index is 0.570. The maximum atomic E-state index is 10.5. The number of hydrogen-bond donors (Lipinski definition) is 1. The zero-order valence-corrected chi connectivity index (χ0v) is 12.1. The third-order valence-electron chi connectivity index (χ3n) is 3.19. The molecule has 0 atom stereocenters. The second-order valence-corrected chi connectivity index (χ2v) is 5.75. The zero-order valence-electron chi connectivity index (χ0n) is 9.71. The molecule has 1 aliphatic rings. The van der Waals surface area contributed by atoms with Crippen LogP contribution in [-0.4, -0.2) is 23.1 Å². The van der Waals surface area contributed by atoms with Crippen molar-refractivity contribution in [2.24, 2.45) is 0 Å². The zero-order chi connectivity index (χ0) is 12.6. The van der Waals surface area contributed by atoms with Gasteiger partial charge in [-0.2, -0.15) is 0 Å². The molecular weight excluding hydrogens is 302 g/mol. The quantitative estimate of drug-likeness (QED) is 0.922. The van der Waals surface area contributed by atoms with Crippen molar-refractivity contribution in [1.82, 2.24) is 4.90 Å². The Kier molecular flexibility index (Phi) is 3.53. The number of rotatable bonds is 3. The highest BCUT2D eigenvalue weighted by molar-refractivity contribution is 9.10. The molecule has 2 rings (SSSR count). The maximum Gasteiger partial charge on any atom is 0.126 e. The fourth-order valence-corrected chi connectivity index (χ4v) is 2.92. The number of likely N-dealkylation sites (tertiary alicyclic amines) is 1. The average Bonchev–Trinajstić information content (AvgIpc) is 2.24. The van der Waals surface area contributed by atoms with Crippen LogP contribution in [-0.2, 0) is 5.60 Å². The molecule has 0 unspecified atom stereocenters. The van der Waals surface area contributed by atoms with Crippen LogP contribution in [0.4, 0.5) is 0 Å². The molecule has 4 heteroatoms. The number of β-amino-alcohol motifs (C(OH)–C–C–N with tert-alkyl or cyclic N) is 1. The van der Waals surface area contributed by atoms with Crippen molar-refractivity contribution >= 4 is 27.5 Å². The number of aliphatic hydroxyl groups is 1. The molecule has 1 N–H and O–H groups in total. The Labute approximate surface area is 115 Å². The van der Waals surface area contributed by atoms with Crippen molar-refractivity contribution in [3.63, 3.8) is 0 Å². The van der Waals surface area contributed by atoms with E-state index in [0.717, 1.165) is 22.2 Å². The summed E-state index contributed by atoms with van der Waals surface area (Å²) in [6.07, 6.45) is 0.907. The SMILES string of the molecule is C=C(CC)N1CC(O)(c2ccc(Br)cc2Cl)C1. The van der Waals surface area contributed by atoms with Gasteiger partial charge in [-0.05, 0) is 18.6 Å². The number of nitrogens with zero attached hydrogens (tertiary/aromatic N) is 1. The van der Waals surface area contributed by atoms with Crippen LogP contribution in [0.1, 0.15) is 18.9 Å². The minimum Gasteiger partial charge on any atom is -0.381 e. The lowest BCUT2D eigenvalue weighted by Crippen LogP contribution is -2.58. The van der Waals surface area contributed by atoms with Gasteiger partial charge in [0.1, 0.15) is 5.60 Å². The third-order valence-corrected chi connectivity index (χ3v) is 4.00. The van der Waals surface area contributed by atoms with Crippen molar-refractivity contribution in [3.05, 3.63) is 45.5 Å². The van der Waals surface area contributed by atoms with Crippen LogP contribution >= 0.6 is 27.5 Å². The van der Waals surface area contributed by atoms with Crippen LogP contribution in [0.3, 0.4) is 0 Å². The summed E-state index contributed by atoms with van der Waals surface area (Å²) in [5.74, 6) is 0. The van der Waals surface area contributed by atoms with Gasteiger partial charge in [-0.1, -0.05) is 47.1 Å². The molecule has 1 heterocycles. The summed E-state index contributed by atoms with van der Waals surface area (Å²) >= 11 is 9.52. The van der Waals surface area contributed by atoms with E-state index < -0.39 is 5.60 Å². The van der Waals surface area contributed by atoms with Crippen LogP contribution in [0.15, 0.2) is 34.9 Å². The molecular formula is C13H15BrClNO. The Morgan fingerprint density at radius 3 is 2.76 bits per heavy atom. The van der Waals surface area contributed by atoms with E-state index in [1.165, 1.54) is 0 Å². The van der Waals surface area contributed by atoms with Gasteiger partial charge in [0, 0.05) is 20.8 Å². The highest BCUT2D eigenvalue weighted by atomic mass is 79.9. The summed E-state index contributed by atoms with van der Waals surface area (Å²) in [6.45, 7) is 7.17. The number of allylic oxidation sites excluding steroid dienone is 1. The van der Waals surface area contributed by atoms with E-state index in [1.54, 1.807) is 0 Å². The lowest BCUT2D eigenvalue weighted by molar-refractivity contribution is -0.0886. The van der Waals surface area contributed by atoms with E-state index >= 15 is 0 Å². The Hall–Kier alpha value is -0.510. The van der Waals surface area contributed by atoms with Crippen molar-refractivity contribution in [2.45, 2.75) is 18.9 Å². The van der Waals surface area contributed by atoms with Crippen molar-refractivity contribution in [2.75, 3.05) is 13.1 Å². The largest absolute Gasteiger partial charge is 0.381 e. The highest BCUT2D eigenvalue weighted by Gasteiger charge is 2.43. The molecule has 0 saturated carbocycles. The summed E-state index contributed by atoms with van der Waals surface area (Å²) < 4.78 is 0.920. The van der Waals surface area contributed by atoms with Gasteiger partial charge in [0.2, 0.25) is 0 Å². The molecule has 1 fully saturated rings. The molecule has 92 valence electrons. The lowest BCUT2D eigenvalue weighted by atomic mass is 9.85. The molecule has 0 spiro atoms. The molecule has 1 saturated heterocycles. The molecule has 1 aliphatic heterocycles. The van der Waals surface area contributed by atoms with Crippen molar-refractivity contribution in [3.8, 4) is 0 Å². The molecule has 17 heavy (non-hydrogen) atoms. The summed E-state index contributed by atoms with van der Waals surface area (Å²) in [4.78, 5) is 2.08. The molecule has 1 aromatic rings. The number of halogens is 2. The fraction of sp³-hybridized carbons (Fsp3) is 0.385. The van der Waals surface area contributed by atoms with Gasteiger partial charge in [0.25, 0.3) is 0 Å². The molecule has 0 radical (unpaired) electrons. The summed E-state index contributed by atoms with van der Waals surface area (Å²) in [6, 6.07) is 5.58. The normalized spacial score (nSPS) is 17.8. The summed E-state index contributed by atoms with van der Waals surface area (Å²) in [5, 5.41) is 11.1. The average molecular weight is 317 g/mol. The Morgan fingerprint density at radius 1 is 1.59 bits per heavy atom. The van der Waals surface area contributed by atoms with Crippen LogP contribution in [0.5, 0.6) is 0 Å². The van der Waals surface area contributed by atoms with Gasteiger partial charge in [-0.25, -0.2) is 0 Å². The van der Waals surface area contributed by atoms with Crippen LogP contribution in [0, 0.1) is 0 Å². The van der Waals surface area contributed by atoms with E-state index in [9.17, 15) is 5.11 Å². The lowest BCUT2D eigenvalue weighted by Gasteiger charge is -2.49. The van der Waals surface area contributed by atoms with Gasteiger partial charge in [-0.3, -0.25) is 0 Å². The smallest absolute Gasteiger partial charge is 0.126 e. The van der Waals surface area contributed by atoms with Crippen LogP contribution < -0.4 is 0 Å². The first-order chi connectivity index (χ1) is 7.96. The molecule has 2 nitrogen and oxygen atoms in total.